The summed E-state index contributed by atoms with van der Waals surface area (Å²) in [5, 5.41) is 4.42. The lowest BCUT2D eigenvalue weighted by Crippen LogP contribution is -2.19. The van der Waals surface area contributed by atoms with Gasteiger partial charge in [0.2, 0.25) is 0 Å². The van der Waals surface area contributed by atoms with Crippen molar-refractivity contribution in [3.05, 3.63) is 66.1 Å². The van der Waals surface area contributed by atoms with Crippen LogP contribution >= 0.6 is 0 Å². The number of aromatic nitrogens is 4. The van der Waals surface area contributed by atoms with Crippen LogP contribution in [0.5, 0.6) is 0 Å². The number of nitrogen functional groups attached to an aromatic ring is 1. The molecule has 168 valence electrons. The number of ketones is 1. The van der Waals surface area contributed by atoms with Gasteiger partial charge in [-0.25, -0.2) is 4.98 Å². The van der Waals surface area contributed by atoms with Gasteiger partial charge in [0.1, 0.15) is 5.82 Å². The summed E-state index contributed by atoms with van der Waals surface area (Å²) in [5.41, 5.74) is 11.6. The van der Waals surface area contributed by atoms with Gasteiger partial charge in [-0.05, 0) is 25.8 Å². The minimum absolute atomic E-state index is 0.143. The summed E-state index contributed by atoms with van der Waals surface area (Å²) in [6.07, 6.45) is 9.44. The molecule has 3 aromatic heterocycles. The predicted molar refractivity (Wildman–Crippen MR) is 128 cm³/mol. The molecule has 1 fully saturated rings. The van der Waals surface area contributed by atoms with Crippen LogP contribution in [0.2, 0.25) is 0 Å². The van der Waals surface area contributed by atoms with Crippen molar-refractivity contribution in [2.75, 3.05) is 5.73 Å². The van der Waals surface area contributed by atoms with Crippen molar-refractivity contribution in [1.82, 2.24) is 19.6 Å². The molecule has 0 unspecified atom stereocenters. The summed E-state index contributed by atoms with van der Waals surface area (Å²) in [6.45, 7) is 1.76. The van der Waals surface area contributed by atoms with Gasteiger partial charge in [0.05, 0.1) is 35.9 Å². The first-order valence-electron chi connectivity index (χ1n) is 11.4. The monoisotopic (exact) mass is 441 g/mol. The number of Topliss-reactive ketones (excluding diaryl/α,β-unsaturated/α-hetero) is 1. The molecule has 1 saturated carbocycles. The van der Waals surface area contributed by atoms with Crippen LogP contribution in [0.1, 0.15) is 55.1 Å². The second-order valence-electron chi connectivity index (χ2n) is 8.54. The van der Waals surface area contributed by atoms with Crippen LogP contribution in [0.15, 0.2) is 54.9 Å². The Morgan fingerprint density at radius 1 is 1.06 bits per heavy atom. The Morgan fingerprint density at radius 3 is 2.55 bits per heavy atom. The predicted octanol–water partition coefficient (Wildman–Crippen LogP) is 5.09. The van der Waals surface area contributed by atoms with Gasteiger partial charge in [-0.15, -0.1) is 0 Å². The zero-order chi connectivity index (χ0) is 22.8. The first-order valence-corrected chi connectivity index (χ1v) is 11.4. The summed E-state index contributed by atoms with van der Waals surface area (Å²) < 4.78 is 7.67. The van der Waals surface area contributed by atoms with Crippen molar-refractivity contribution < 1.29 is 9.53 Å². The van der Waals surface area contributed by atoms with E-state index in [2.05, 4.69) is 10.1 Å². The van der Waals surface area contributed by atoms with Gasteiger partial charge in [0.25, 0.3) is 0 Å². The normalized spacial score (nSPS) is 14.6. The summed E-state index contributed by atoms with van der Waals surface area (Å²) >= 11 is 0. The second kappa shape index (κ2) is 9.11. The molecule has 0 amide bonds. The van der Waals surface area contributed by atoms with Crippen LogP contribution in [0.25, 0.3) is 28.0 Å². The standard InChI is InChI=1S/C26H27N5O2/c1-17(32)24-23(16-33-20-10-6-3-7-11-20)30-26-21(15-29-31(26)25(24)27)19-12-13-22(28-14-19)18-8-4-2-5-9-18/h2,4-5,8-9,12-15,20H,3,6-7,10-11,16,27H2,1H3. The van der Waals surface area contributed by atoms with Gasteiger partial charge in [-0.1, -0.05) is 55.7 Å². The number of anilines is 1. The number of pyridine rings is 1. The van der Waals surface area contributed by atoms with Gasteiger partial charge in [-0.3, -0.25) is 9.78 Å². The lowest BCUT2D eigenvalue weighted by atomic mass is 9.98. The third kappa shape index (κ3) is 4.24. The molecule has 4 aromatic rings. The Labute approximate surface area is 192 Å². The van der Waals surface area contributed by atoms with E-state index in [1.54, 1.807) is 6.20 Å². The number of hydrogen-bond donors (Lipinski definition) is 1. The highest BCUT2D eigenvalue weighted by Crippen LogP contribution is 2.29. The number of hydrogen-bond acceptors (Lipinski definition) is 6. The third-order valence-electron chi connectivity index (χ3n) is 6.26. The number of rotatable bonds is 6. The van der Waals surface area contributed by atoms with E-state index >= 15 is 0 Å². The van der Waals surface area contributed by atoms with Crippen molar-refractivity contribution in [2.45, 2.75) is 51.7 Å². The number of benzene rings is 1. The summed E-state index contributed by atoms with van der Waals surface area (Å²) in [4.78, 5) is 21.8. The van der Waals surface area contributed by atoms with Gasteiger partial charge >= 0.3 is 0 Å². The van der Waals surface area contributed by atoms with E-state index in [0.29, 0.717) is 16.9 Å². The molecule has 1 aliphatic rings. The first kappa shape index (κ1) is 21.3. The molecular weight excluding hydrogens is 414 g/mol. The molecule has 7 nitrogen and oxygen atoms in total. The highest BCUT2D eigenvalue weighted by molar-refractivity contribution is 6.00. The molecular formula is C26H27N5O2. The van der Waals surface area contributed by atoms with Crippen LogP contribution in [0.4, 0.5) is 5.82 Å². The highest BCUT2D eigenvalue weighted by Gasteiger charge is 2.22. The van der Waals surface area contributed by atoms with Crippen molar-refractivity contribution in [1.29, 1.82) is 0 Å². The van der Waals surface area contributed by atoms with Crippen molar-refractivity contribution in [2.24, 2.45) is 0 Å². The summed E-state index contributed by atoms with van der Waals surface area (Å²) in [6, 6.07) is 14.0. The zero-order valence-corrected chi connectivity index (χ0v) is 18.7. The fourth-order valence-corrected chi connectivity index (χ4v) is 4.52. The largest absolute Gasteiger partial charge is 0.383 e. The molecule has 0 aliphatic heterocycles. The van der Waals surface area contributed by atoms with Gasteiger partial charge in [0, 0.05) is 22.9 Å². The average molecular weight is 442 g/mol. The molecule has 2 N–H and O–H groups in total. The molecule has 33 heavy (non-hydrogen) atoms. The molecule has 5 rings (SSSR count). The number of fused-ring (bicyclic) bond motifs is 1. The van der Waals surface area contributed by atoms with Gasteiger partial charge < -0.3 is 10.5 Å². The van der Waals surface area contributed by atoms with Crippen LogP contribution in [0, 0.1) is 0 Å². The molecule has 0 bridgehead atoms. The molecule has 0 saturated heterocycles. The molecule has 7 heteroatoms. The minimum atomic E-state index is -0.143. The number of ether oxygens (including phenoxy) is 1. The number of nitrogens with two attached hydrogens (primary N) is 1. The van der Waals surface area contributed by atoms with Crippen molar-refractivity contribution in [3.63, 3.8) is 0 Å². The third-order valence-corrected chi connectivity index (χ3v) is 6.26. The van der Waals surface area contributed by atoms with Crippen LogP contribution in [-0.4, -0.2) is 31.5 Å². The SMILES string of the molecule is CC(=O)c1c(COC2CCCCC2)nc2c(-c3ccc(-c4ccccc4)nc3)cnn2c1N. The van der Waals surface area contributed by atoms with E-state index < -0.39 is 0 Å². The van der Waals surface area contributed by atoms with Crippen LogP contribution < -0.4 is 5.73 Å². The smallest absolute Gasteiger partial charge is 0.165 e. The van der Waals surface area contributed by atoms with Crippen LogP contribution in [0.3, 0.4) is 0 Å². The van der Waals surface area contributed by atoms with E-state index in [1.165, 1.54) is 30.7 Å². The van der Waals surface area contributed by atoms with E-state index in [1.807, 2.05) is 48.7 Å². The maximum Gasteiger partial charge on any atom is 0.165 e. The Hall–Kier alpha value is -3.58. The average Bonchev–Trinajstić information content (AvgIpc) is 3.28. The fraction of sp³-hybridized carbons (Fsp3) is 0.308. The number of carbonyl (C=O) groups is 1. The highest BCUT2D eigenvalue weighted by atomic mass is 16.5. The summed E-state index contributed by atoms with van der Waals surface area (Å²) in [7, 11) is 0. The zero-order valence-electron chi connectivity index (χ0n) is 18.7. The first-order chi connectivity index (χ1) is 16.1. The quantitative estimate of drug-likeness (QED) is 0.419. The molecule has 1 aromatic carbocycles. The maximum atomic E-state index is 12.4. The molecule has 0 atom stereocenters. The lowest BCUT2D eigenvalue weighted by molar-refractivity contribution is 0.0150. The Kier molecular flexibility index (Phi) is 5.88. The van der Waals surface area contributed by atoms with E-state index in [0.717, 1.165) is 35.2 Å². The Balaban J connectivity index is 1.51. The topological polar surface area (TPSA) is 95.4 Å². The molecule has 0 spiro atoms. The van der Waals surface area contributed by atoms with Crippen molar-refractivity contribution >= 4 is 17.2 Å². The second-order valence-corrected chi connectivity index (χ2v) is 8.54. The van der Waals surface area contributed by atoms with Crippen molar-refractivity contribution in [3.8, 4) is 22.4 Å². The minimum Gasteiger partial charge on any atom is -0.383 e. The van der Waals surface area contributed by atoms with E-state index in [-0.39, 0.29) is 24.3 Å². The van der Waals surface area contributed by atoms with E-state index in [9.17, 15) is 4.79 Å². The molecule has 3 heterocycles. The van der Waals surface area contributed by atoms with E-state index in [4.69, 9.17) is 15.5 Å². The Bertz CT molecular complexity index is 1280. The summed E-state index contributed by atoms with van der Waals surface area (Å²) in [5.74, 6) is 0.143. The van der Waals surface area contributed by atoms with Gasteiger partial charge in [-0.2, -0.15) is 9.61 Å². The maximum absolute atomic E-state index is 12.4. The van der Waals surface area contributed by atoms with Gasteiger partial charge in [0.15, 0.2) is 11.4 Å². The number of nitrogens with zero attached hydrogens (tertiary/aromatic N) is 4. The Morgan fingerprint density at radius 2 is 1.85 bits per heavy atom. The lowest BCUT2D eigenvalue weighted by Gasteiger charge is -2.22. The molecule has 1 aliphatic carbocycles. The number of carbonyl (C=O) groups excluding carboxylic acids is 1. The van der Waals surface area contributed by atoms with Crippen LogP contribution in [-0.2, 0) is 11.3 Å². The fourth-order valence-electron chi connectivity index (χ4n) is 4.52. The molecule has 0 radical (unpaired) electrons.